The Balaban J connectivity index is 2.41. The summed E-state index contributed by atoms with van der Waals surface area (Å²) in [5.41, 5.74) is 0.791. The lowest BCUT2D eigenvalue weighted by atomic mass is 10.1. The predicted molar refractivity (Wildman–Crippen MR) is 72.8 cm³/mol. The van der Waals surface area contributed by atoms with Gasteiger partial charge in [-0.15, -0.1) is 0 Å². The predicted octanol–water partition coefficient (Wildman–Crippen LogP) is 2.44. The maximum atomic E-state index is 12.8. The number of amides is 2. The Morgan fingerprint density at radius 1 is 1.20 bits per heavy atom. The topological polar surface area (TPSA) is 78.4 Å². The number of hydrogen-bond donors (Lipinski definition) is 3. The molecule has 0 fully saturated rings. The van der Waals surface area contributed by atoms with Crippen molar-refractivity contribution in [2.24, 2.45) is 0 Å². The summed E-state index contributed by atoms with van der Waals surface area (Å²) in [7, 11) is 0. The Bertz CT molecular complexity index is 462. The smallest absolute Gasteiger partial charge is 0.315 e. The van der Waals surface area contributed by atoms with E-state index in [1.165, 1.54) is 12.1 Å². The zero-order valence-electron chi connectivity index (χ0n) is 11.5. The summed E-state index contributed by atoms with van der Waals surface area (Å²) in [5.74, 6) is -1.22. The van der Waals surface area contributed by atoms with Crippen LogP contribution < -0.4 is 10.6 Å². The van der Waals surface area contributed by atoms with Crippen molar-refractivity contribution in [3.63, 3.8) is 0 Å². The molecule has 0 spiro atoms. The van der Waals surface area contributed by atoms with Crippen molar-refractivity contribution < 1.29 is 19.1 Å². The van der Waals surface area contributed by atoms with Crippen LogP contribution >= 0.6 is 0 Å². The number of rotatable bonds is 6. The van der Waals surface area contributed by atoms with Crippen LogP contribution in [0.5, 0.6) is 0 Å². The zero-order valence-corrected chi connectivity index (χ0v) is 11.5. The molecule has 5 nitrogen and oxygen atoms in total. The maximum Gasteiger partial charge on any atom is 0.315 e. The van der Waals surface area contributed by atoms with Gasteiger partial charge in [-0.05, 0) is 38.0 Å². The van der Waals surface area contributed by atoms with Crippen molar-refractivity contribution in [3.05, 3.63) is 35.6 Å². The number of carbonyl (C=O) groups excluding carboxylic acids is 1. The summed E-state index contributed by atoms with van der Waals surface area (Å²) in [6.45, 7) is 3.53. The van der Waals surface area contributed by atoms with Gasteiger partial charge in [0.2, 0.25) is 0 Å². The highest BCUT2D eigenvalue weighted by Gasteiger charge is 2.12. The van der Waals surface area contributed by atoms with Crippen molar-refractivity contribution in [1.29, 1.82) is 0 Å². The molecule has 110 valence electrons. The van der Waals surface area contributed by atoms with Gasteiger partial charge in [0.1, 0.15) is 5.82 Å². The third-order valence-corrected chi connectivity index (χ3v) is 2.89. The number of carbonyl (C=O) groups is 2. The van der Waals surface area contributed by atoms with E-state index in [-0.39, 0.29) is 30.4 Å². The Labute approximate surface area is 117 Å². The first-order chi connectivity index (χ1) is 9.38. The number of carboxylic acids is 1. The normalized spacial score (nSPS) is 13.3. The minimum absolute atomic E-state index is 0.00889. The molecule has 3 N–H and O–H groups in total. The number of nitrogens with one attached hydrogen (secondary N) is 2. The molecule has 0 bridgehead atoms. The number of carboxylic acid groups (broad SMARTS) is 1. The van der Waals surface area contributed by atoms with Crippen LogP contribution in [0.15, 0.2) is 24.3 Å². The Kier molecular flexibility index (Phi) is 5.96. The van der Waals surface area contributed by atoms with Crippen molar-refractivity contribution in [3.8, 4) is 0 Å². The minimum atomic E-state index is -0.890. The molecule has 0 aliphatic heterocycles. The van der Waals surface area contributed by atoms with Crippen molar-refractivity contribution in [2.75, 3.05) is 0 Å². The second-order valence-electron chi connectivity index (χ2n) is 4.72. The lowest BCUT2D eigenvalue weighted by Crippen LogP contribution is -2.41. The molecule has 0 aliphatic carbocycles. The molecule has 2 unspecified atom stereocenters. The van der Waals surface area contributed by atoms with Gasteiger partial charge in [-0.1, -0.05) is 12.1 Å². The van der Waals surface area contributed by atoms with E-state index in [0.717, 1.165) is 5.56 Å². The maximum absolute atomic E-state index is 12.8. The van der Waals surface area contributed by atoms with Gasteiger partial charge in [-0.3, -0.25) is 4.79 Å². The van der Waals surface area contributed by atoms with Gasteiger partial charge in [0.15, 0.2) is 0 Å². The molecule has 0 saturated heterocycles. The number of aliphatic carboxylic acids is 1. The molecule has 0 saturated carbocycles. The first-order valence-corrected chi connectivity index (χ1v) is 6.42. The highest BCUT2D eigenvalue weighted by atomic mass is 19.1. The highest BCUT2D eigenvalue weighted by molar-refractivity contribution is 5.74. The molecule has 0 aromatic heterocycles. The van der Waals surface area contributed by atoms with Gasteiger partial charge >= 0.3 is 12.0 Å². The van der Waals surface area contributed by atoms with Crippen molar-refractivity contribution >= 4 is 12.0 Å². The van der Waals surface area contributed by atoms with Crippen molar-refractivity contribution in [2.45, 2.75) is 38.8 Å². The summed E-state index contributed by atoms with van der Waals surface area (Å²) < 4.78 is 12.8. The molecule has 1 aromatic rings. The molecule has 1 aromatic carbocycles. The second kappa shape index (κ2) is 7.47. The summed E-state index contributed by atoms with van der Waals surface area (Å²) in [4.78, 5) is 22.1. The van der Waals surface area contributed by atoms with Gasteiger partial charge in [-0.25, -0.2) is 9.18 Å². The van der Waals surface area contributed by atoms with E-state index < -0.39 is 5.97 Å². The van der Waals surface area contributed by atoms with Gasteiger partial charge in [-0.2, -0.15) is 0 Å². The van der Waals surface area contributed by atoms with E-state index in [1.807, 2.05) is 0 Å². The fourth-order valence-electron chi connectivity index (χ4n) is 1.71. The fourth-order valence-corrected chi connectivity index (χ4v) is 1.71. The lowest BCUT2D eigenvalue weighted by molar-refractivity contribution is -0.137. The van der Waals surface area contributed by atoms with Crippen LogP contribution in [0.25, 0.3) is 0 Å². The quantitative estimate of drug-likeness (QED) is 0.750. The SMILES string of the molecule is CC(CCC(=O)O)NC(=O)NC(C)c1ccc(F)cc1. The van der Waals surface area contributed by atoms with Crippen molar-refractivity contribution in [1.82, 2.24) is 10.6 Å². The van der Waals surface area contributed by atoms with Crippen LogP contribution in [0.3, 0.4) is 0 Å². The molecule has 6 heteroatoms. The Morgan fingerprint density at radius 2 is 1.80 bits per heavy atom. The summed E-state index contributed by atoms with van der Waals surface area (Å²) >= 11 is 0. The van der Waals surface area contributed by atoms with Crippen LogP contribution in [0.1, 0.15) is 38.3 Å². The van der Waals surface area contributed by atoms with E-state index in [9.17, 15) is 14.0 Å². The summed E-state index contributed by atoms with van der Waals surface area (Å²) in [6.07, 6.45) is 0.378. The monoisotopic (exact) mass is 282 g/mol. The van der Waals surface area contributed by atoms with Gasteiger partial charge in [0.05, 0.1) is 6.04 Å². The summed E-state index contributed by atoms with van der Waals surface area (Å²) in [5, 5.41) is 13.9. The lowest BCUT2D eigenvalue weighted by Gasteiger charge is -2.18. The van der Waals surface area contributed by atoms with Crippen LogP contribution in [0.2, 0.25) is 0 Å². The Hall–Kier alpha value is -2.11. The minimum Gasteiger partial charge on any atom is -0.481 e. The zero-order chi connectivity index (χ0) is 15.1. The molecule has 0 radical (unpaired) electrons. The molecule has 20 heavy (non-hydrogen) atoms. The van der Waals surface area contributed by atoms with Gasteiger partial charge in [0.25, 0.3) is 0 Å². The molecule has 2 atom stereocenters. The van der Waals surface area contributed by atoms with Crippen LogP contribution in [-0.4, -0.2) is 23.1 Å². The molecular formula is C14H19FN2O3. The van der Waals surface area contributed by atoms with Crippen LogP contribution in [0, 0.1) is 5.82 Å². The second-order valence-corrected chi connectivity index (χ2v) is 4.72. The third-order valence-electron chi connectivity index (χ3n) is 2.89. The Morgan fingerprint density at radius 3 is 2.35 bits per heavy atom. The molecule has 0 heterocycles. The molecule has 1 rings (SSSR count). The van der Waals surface area contributed by atoms with E-state index in [4.69, 9.17) is 5.11 Å². The van der Waals surface area contributed by atoms with Gasteiger partial charge in [0, 0.05) is 12.5 Å². The van der Waals surface area contributed by atoms with Crippen LogP contribution in [0.4, 0.5) is 9.18 Å². The van der Waals surface area contributed by atoms with Gasteiger partial charge < -0.3 is 15.7 Å². The van der Waals surface area contributed by atoms with E-state index in [1.54, 1.807) is 26.0 Å². The van der Waals surface area contributed by atoms with E-state index in [0.29, 0.717) is 6.42 Å². The van der Waals surface area contributed by atoms with E-state index >= 15 is 0 Å². The molecular weight excluding hydrogens is 263 g/mol. The molecule has 2 amide bonds. The third kappa shape index (κ3) is 5.69. The average molecular weight is 282 g/mol. The average Bonchev–Trinajstić information content (AvgIpc) is 2.36. The number of hydrogen-bond acceptors (Lipinski definition) is 2. The number of benzene rings is 1. The van der Waals surface area contributed by atoms with Crippen LogP contribution in [-0.2, 0) is 4.79 Å². The largest absolute Gasteiger partial charge is 0.481 e. The first kappa shape index (κ1) is 15.9. The highest BCUT2D eigenvalue weighted by Crippen LogP contribution is 2.12. The van der Waals surface area contributed by atoms with E-state index in [2.05, 4.69) is 10.6 Å². The first-order valence-electron chi connectivity index (χ1n) is 6.42. The summed E-state index contributed by atoms with van der Waals surface area (Å²) in [6, 6.07) is 5.01. The fraction of sp³-hybridized carbons (Fsp3) is 0.429. The number of halogens is 1. The standard InChI is InChI=1S/C14H19FN2O3/c1-9(3-8-13(18)19)16-14(20)17-10(2)11-4-6-12(15)7-5-11/h4-7,9-10H,3,8H2,1-2H3,(H,18,19)(H2,16,17,20). The number of urea groups is 1. The molecule has 0 aliphatic rings.